The third-order valence-corrected chi connectivity index (χ3v) is 3.26. The number of likely N-dealkylation sites (N-methyl/N-ethyl adjacent to an activating group) is 1. The second kappa shape index (κ2) is 6.39. The van der Waals surface area contributed by atoms with Gasteiger partial charge in [-0.25, -0.2) is 4.79 Å². The number of aromatic nitrogens is 2. The van der Waals surface area contributed by atoms with Gasteiger partial charge in [0.05, 0.1) is 5.69 Å². The van der Waals surface area contributed by atoms with E-state index in [0.717, 1.165) is 5.56 Å². The van der Waals surface area contributed by atoms with Crippen LogP contribution in [-0.2, 0) is 9.53 Å². The number of aryl methyl sites for hydroxylation is 1. The van der Waals surface area contributed by atoms with E-state index in [1.807, 2.05) is 0 Å². The molecule has 0 N–H and O–H groups in total. The Bertz CT molecular complexity index is 555. The van der Waals surface area contributed by atoms with Crippen LogP contribution in [0.5, 0.6) is 0 Å². The van der Waals surface area contributed by atoms with Crippen molar-refractivity contribution in [2.45, 2.75) is 46.3 Å². The monoisotopic (exact) mass is 313 g/mol. The number of ether oxygens (including phenoxy) is 1. The van der Waals surface area contributed by atoms with Gasteiger partial charge in [0, 0.05) is 12.6 Å². The lowest BCUT2D eigenvalue weighted by atomic mass is 10.0. The van der Waals surface area contributed by atoms with Crippen molar-refractivity contribution in [2.24, 2.45) is 0 Å². The summed E-state index contributed by atoms with van der Waals surface area (Å²) in [5, 5.41) is 7.79. The second-order valence-corrected chi connectivity index (χ2v) is 6.15. The Morgan fingerprint density at radius 3 is 2.38 bits per heavy atom. The van der Waals surface area contributed by atoms with Crippen molar-refractivity contribution < 1.29 is 14.3 Å². The van der Waals surface area contributed by atoms with E-state index in [4.69, 9.17) is 16.3 Å². The van der Waals surface area contributed by atoms with Crippen LogP contribution < -0.4 is 0 Å². The van der Waals surface area contributed by atoms with Crippen molar-refractivity contribution in [1.29, 1.82) is 0 Å². The maximum Gasteiger partial charge on any atom is 0.410 e. The van der Waals surface area contributed by atoms with Crippen molar-refractivity contribution in [1.82, 2.24) is 15.1 Å². The maximum atomic E-state index is 12.1. The lowest BCUT2D eigenvalue weighted by Crippen LogP contribution is -2.37. The number of hydrogen-bond acceptors (Lipinski definition) is 5. The summed E-state index contributed by atoms with van der Waals surface area (Å²) in [7, 11) is 1.48. The quantitative estimate of drug-likeness (QED) is 0.802. The minimum atomic E-state index is -0.874. The van der Waals surface area contributed by atoms with E-state index in [1.54, 1.807) is 34.6 Å². The van der Waals surface area contributed by atoms with Crippen molar-refractivity contribution in [3.63, 3.8) is 0 Å². The molecule has 0 bridgehead atoms. The third-order valence-electron chi connectivity index (χ3n) is 2.98. The van der Waals surface area contributed by atoms with Crippen molar-refractivity contribution >= 4 is 24.0 Å². The molecule has 1 heterocycles. The Hall–Kier alpha value is -1.69. The molecule has 1 atom stereocenters. The van der Waals surface area contributed by atoms with Crippen molar-refractivity contribution in [2.75, 3.05) is 7.05 Å². The first-order chi connectivity index (χ1) is 9.58. The minimum absolute atomic E-state index is 0.102. The van der Waals surface area contributed by atoms with Crippen molar-refractivity contribution in [3.05, 3.63) is 22.0 Å². The van der Waals surface area contributed by atoms with Crippen LogP contribution in [0.25, 0.3) is 0 Å². The zero-order valence-electron chi connectivity index (χ0n) is 13.1. The summed E-state index contributed by atoms with van der Waals surface area (Å²) in [6.45, 7) is 8.81. The van der Waals surface area contributed by atoms with E-state index in [2.05, 4.69) is 10.2 Å². The zero-order valence-corrected chi connectivity index (χ0v) is 13.9. The van der Waals surface area contributed by atoms with Gasteiger partial charge in [0.1, 0.15) is 17.9 Å². The molecule has 21 heavy (non-hydrogen) atoms. The van der Waals surface area contributed by atoms with E-state index in [9.17, 15) is 9.59 Å². The summed E-state index contributed by atoms with van der Waals surface area (Å²) < 4.78 is 5.26. The molecule has 0 aliphatic heterocycles. The van der Waals surface area contributed by atoms with Crippen LogP contribution in [0.4, 0.5) is 4.79 Å². The van der Waals surface area contributed by atoms with Crippen LogP contribution >= 0.6 is 11.6 Å². The van der Waals surface area contributed by atoms with Gasteiger partial charge in [-0.3, -0.25) is 4.90 Å². The van der Waals surface area contributed by atoms with Gasteiger partial charge in [-0.1, -0.05) is 11.6 Å². The van der Waals surface area contributed by atoms with E-state index in [0.29, 0.717) is 17.5 Å². The van der Waals surface area contributed by atoms with Gasteiger partial charge < -0.3 is 9.53 Å². The first-order valence-electron chi connectivity index (χ1n) is 6.49. The summed E-state index contributed by atoms with van der Waals surface area (Å²) in [6, 6.07) is -0.874. The minimum Gasteiger partial charge on any atom is -0.444 e. The largest absolute Gasteiger partial charge is 0.444 e. The van der Waals surface area contributed by atoms with Gasteiger partial charge in [0.25, 0.3) is 0 Å². The SMILES string of the molecule is Cc1nnc(Cl)c(C(C=O)N(C)C(=O)OC(C)(C)C)c1C. The second-order valence-electron chi connectivity index (χ2n) is 5.79. The van der Waals surface area contributed by atoms with Crippen LogP contribution in [0.3, 0.4) is 0 Å². The maximum absolute atomic E-state index is 12.1. The highest BCUT2D eigenvalue weighted by Gasteiger charge is 2.29. The van der Waals surface area contributed by atoms with Crippen LogP contribution in [-0.4, -0.2) is 40.1 Å². The summed E-state index contributed by atoms with van der Waals surface area (Å²) in [4.78, 5) is 24.8. The summed E-state index contributed by atoms with van der Waals surface area (Å²) in [5.41, 5.74) is 1.19. The molecule has 1 aromatic heterocycles. The fraction of sp³-hybridized carbons (Fsp3) is 0.571. The molecule has 0 aliphatic carbocycles. The van der Waals surface area contributed by atoms with Crippen LogP contribution in [0.15, 0.2) is 0 Å². The predicted octanol–water partition coefficient (Wildman–Crippen LogP) is 2.85. The first kappa shape index (κ1) is 17.4. The molecule has 0 aromatic carbocycles. The molecule has 0 radical (unpaired) electrons. The highest BCUT2D eigenvalue weighted by atomic mass is 35.5. The molecule has 1 aromatic rings. The lowest BCUT2D eigenvalue weighted by Gasteiger charge is -2.29. The van der Waals surface area contributed by atoms with Gasteiger partial charge in [-0.2, -0.15) is 5.10 Å². The number of aldehydes is 1. The van der Waals surface area contributed by atoms with E-state index >= 15 is 0 Å². The molecule has 6 nitrogen and oxygen atoms in total. The van der Waals surface area contributed by atoms with Crippen LogP contribution in [0.1, 0.15) is 43.6 Å². The zero-order chi connectivity index (χ0) is 16.4. The molecule has 0 aliphatic rings. The molecule has 0 spiro atoms. The predicted molar refractivity (Wildman–Crippen MR) is 79.3 cm³/mol. The molecule has 1 rings (SSSR count). The fourth-order valence-corrected chi connectivity index (χ4v) is 2.03. The molecule has 1 unspecified atom stereocenters. The Labute approximate surface area is 129 Å². The highest BCUT2D eigenvalue weighted by Crippen LogP contribution is 2.28. The average Bonchev–Trinajstić information content (AvgIpc) is 2.36. The Morgan fingerprint density at radius 2 is 1.90 bits per heavy atom. The third kappa shape index (κ3) is 4.14. The fourth-order valence-electron chi connectivity index (χ4n) is 1.74. The Kier molecular flexibility index (Phi) is 5.28. The standard InChI is InChI=1S/C14H20ClN3O3/c1-8-9(2)16-17-12(15)11(8)10(7-19)18(6)13(20)21-14(3,4)5/h7,10H,1-6H3. The van der Waals surface area contributed by atoms with Gasteiger partial charge >= 0.3 is 6.09 Å². The van der Waals surface area contributed by atoms with Gasteiger partial charge in [-0.15, -0.1) is 5.10 Å². The van der Waals surface area contributed by atoms with Gasteiger partial charge in [-0.05, 0) is 40.2 Å². The van der Waals surface area contributed by atoms with Crippen LogP contribution in [0.2, 0.25) is 5.15 Å². The van der Waals surface area contributed by atoms with E-state index < -0.39 is 17.7 Å². The topological polar surface area (TPSA) is 72.4 Å². The van der Waals surface area contributed by atoms with E-state index in [-0.39, 0.29) is 5.15 Å². The summed E-state index contributed by atoms with van der Waals surface area (Å²) >= 11 is 6.05. The van der Waals surface area contributed by atoms with Crippen molar-refractivity contribution in [3.8, 4) is 0 Å². The molecule has 0 saturated carbocycles. The normalized spacial score (nSPS) is 12.7. The first-order valence-corrected chi connectivity index (χ1v) is 6.86. The molecule has 116 valence electrons. The lowest BCUT2D eigenvalue weighted by molar-refractivity contribution is -0.112. The van der Waals surface area contributed by atoms with Crippen LogP contribution in [0, 0.1) is 13.8 Å². The average molecular weight is 314 g/mol. The van der Waals surface area contributed by atoms with Gasteiger partial charge in [0.15, 0.2) is 5.15 Å². The molecule has 7 heteroatoms. The summed E-state index contributed by atoms with van der Waals surface area (Å²) in [5.74, 6) is 0. The highest BCUT2D eigenvalue weighted by molar-refractivity contribution is 6.30. The number of rotatable bonds is 3. The Morgan fingerprint density at radius 1 is 1.33 bits per heavy atom. The number of amides is 1. The smallest absolute Gasteiger partial charge is 0.410 e. The van der Waals surface area contributed by atoms with Gasteiger partial charge in [0.2, 0.25) is 0 Å². The molecule has 0 saturated heterocycles. The number of hydrogen-bond donors (Lipinski definition) is 0. The number of nitrogens with zero attached hydrogens (tertiary/aromatic N) is 3. The molecule has 1 amide bonds. The van der Waals surface area contributed by atoms with E-state index in [1.165, 1.54) is 11.9 Å². The Balaban J connectivity index is 3.17. The molecule has 0 fully saturated rings. The number of halogens is 1. The summed E-state index contributed by atoms with van der Waals surface area (Å²) in [6.07, 6.45) is 0.0312. The number of carbonyl (C=O) groups is 2. The number of carbonyl (C=O) groups excluding carboxylic acids is 2. The molecular formula is C14H20ClN3O3. The molecular weight excluding hydrogens is 294 g/mol.